The van der Waals surface area contributed by atoms with Crippen LogP contribution in [-0.2, 0) is 0 Å². The topological polar surface area (TPSA) is 54.0 Å². The largest absolute Gasteiger partial charge is 0.370 e. The second-order valence-corrected chi connectivity index (χ2v) is 4.75. The first kappa shape index (κ1) is 15.0. The lowest BCUT2D eigenvalue weighted by molar-refractivity contribution is 0.102. The third kappa shape index (κ3) is 4.02. The maximum absolute atomic E-state index is 13.2. The first-order valence-corrected chi connectivity index (χ1v) is 6.88. The Bertz CT molecular complexity index is 643. The number of amides is 1. The predicted octanol–water partition coefficient (Wildman–Crippen LogP) is 3.60. The van der Waals surface area contributed by atoms with Crippen LogP contribution in [0.3, 0.4) is 0 Å². The van der Waals surface area contributed by atoms with E-state index in [0.717, 1.165) is 13.0 Å². The number of nitrogens with one attached hydrogen (secondary N) is 2. The molecular formula is C16H18FN3O. The SMILES string of the molecule is CCCNc1cccc(C(=O)Nc2ccc(F)c(C)c2)n1. The zero-order valence-electron chi connectivity index (χ0n) is 12.1. The summed E-state index contributed by atoms with van der Waals surface area (Å²) >= 11 is 0. The van der Waals surface area contributed by atoms with Crippen LogP contribution in [0.25, 0.3) is 0 Å². The molecule has 0 radical (unpaired) electrons. The normalized spacial score (nSPS) is 10.2. The molecule has 2 rings (SSSR count). The van der Waals surface area contributed by atoms with Gasteiger partial charge in [0, 0.05) is 12.2 Å². The molecule has 0 aliphatic rings. The number of carbonyl (C=O) groups excluding carboxylic acids is 1. The second-order valence-electron chi connectivity index (χ2n) is 4.75. The van der Waals surface area contributed by atoms with Gasteiger partial charge in [-0.2, -0.15) is 0 Å². The van der Waals surface area contributed by atoms with E-state index in [4.69, 9.17) is 0 Å². The molecule has 110 valence electrons. The number of pyridine rings is 1. The first-order chi connectivity index (χ1) is 10.1. The summed E-state index contributed by atoms with van der Waals surface area (Å²) in [4.78, 5) is 16.4. The predicted molar refractivity (Wildman–Crippen MR) is 82.1 cm³/mol. The van der Waals surface area contributed by atoms with E-state index in [9.17, 15) is 9.18 Å². The third-order valence-electron chi connectivity index (χ3n) is 2.95. The van der Waals surface area contributed by atoms with E-state index in [1.54, 1.807) is 25.1 Å². The molecule has 2 N–H and O–H groups in total. The zero-order valence-corrected chi connectivity index (χ0v) is 12.1. The Hall–Kier alpha value is -2.43. The van der Waals surface area contributed by atoms with Gasteiger partial charge in [-0.15, -0.1) is 0 Å². The van der Waals surface area contributed by atoms with Gasteiger partial charge in [-0.25, -0.2) is 9.37 Å². The smallest absolute Gasteiger partial charge is 0.274 e. The fourth-order valence-electron chi connectivity index (χ4n) is 1.83. The Morgan fingerprint density at radius 2 is 2.10 bits per heavy atom. The molecule has 1 aromatic heterocycles. The number of nitrogens with zero attached hydrogens (tertiary/aromatic N) is 1. The number of carbonyl (C=O) groups is 1. The molecule has 0 unspecified atom stereocenters. The number of aryl methyl sites for hydroxylation is 1. The van der Waals surface area contributed by atoms with Crippen LogP contribution in [0.15, 0.2) is 36.4 Å². The van der Waals surface area contributed by atoms with E-state index in [-0.39, 0.29) is 11.7 Å². The van der Waals surface area contributed by atoms with Crippen molar-refractivity contribution in [1.82, 2.24) is 4.98 Å². The highest BCUT2D eigenvalue weighted by Gasteiger charge is 2.09. The zero-order chi connectivity index (χ0) is 15.2. The maximum atomic E-state index is 13.2. The van der Waals surface area contributed by atoms with Crippen LogP contribution in [0.2, 0.25) is 0 Å². The van der Waals surface area contributed by atoms with E-state index >= 15 is 0 Å². The summed E-state index contributed by atoms with van der Waals surface area (Å²) in [6, 6.07) is 9.68. The molecular weight excluding hydrogens is 269 g/mol. The summed E-state index contributed by atoms with van der Waals surface area (Å²) in [5, 5.41) is 5.84. The van der Waals surface area contributed by atoms with E-state index < -0.39 is 0 Å². The number of halogens is 1. The molecule has 0 fully saturated rings. The Labute approximate surface area is 123 Å². The average Bonchev–Trinajstić information content (AvgIpc) is 2.49. The molecule has 0 atom stereocenters. The molecule has 1 aromatic carbocycles. The Kier molecular flexibility index (Phi) is 4.87. The highest BCUT2D eigenvalue weighted by atomic mass is 19.1. The summed E-state index contributed by atoms with van der Waals surface area (Å²) in [5.41, 5.74) is 1.35. The van der Waals surface area contributed by atoms with Gasteiger partial charge in [-0.05, 0) is 49.2 Å². The lowest BCUT2D eigenvalue weighted by Gasteiger charge is -2.08. The van der Waals surface area contributed by atoms with Crippen LogP contribution in [0.5, 0.6) is 0 Å². The van der Waals surface area contributed by atoms with Crippen molar-refractivity contribution in [2.45, 2.75) is 20.3 Å². The van der Waals surface area contributed by atoms with E-state index in [1.165, 1.54) is 12.1 Å². The molecule has 0 saturated heterocycles. The molecule has 0 saturated carbocycles. The maximum Gasteiger partial charge on any atom is 0.274 e. The van der Waals surface area contributed by atoms with Crippen molar-refractivity contribution in [2.24, 2.45) is 0 Å². The fourth-order valence-corrected chi connectivity index (χ4v) is 1.83. The van der Waals surface area contributed by atoms with Gasteiger partial charge in [0.2, 0.25) is 0 Å². The van der Waals surface area contributed by atoms with Gasteiger partial charge in [0.25, 0.3) is 5.91 Å². The number of anilines is 2. The highest BCUT2D eigenvalue weighted by Crippen LogP contribution is 2.15. The quantitative estimate of drug-likeness (QED) is 0.883. The first-order valence-electron chi connectivity index (χ1n) is 6.88. The standard InChI is InChI=1S/C16H18FN3O/c1-3-9-18-15-6-4-5-14(20-15)16(21)19-12-7-8-13(17)11(2)10-12/h4-8,10H,3,9H2,1-2H3,(H,18,20)(H,19,21). The van der Waals surface area contributed by atoms with Crippen molar-refractivity contribution >= 4 is 17.4 Å². The highest BCUT2D eigenvalue weighted by molar-refractivity contribution is 6.03. The Balaban J connectivity index is 2.10. The summed E-state index contributed by atoms with van der Waals surface area (Å²) in [6.45, 7) is 4.51. The molecule has 2 aromatic rings. The van der Waals surface area contributed by atoms with Crippen LogP contribution < -0.4 is 10.6 Å². The van der Waals surface area contributed by atoms with E-state index in [0.29, 0.717) is 22.8 Å². The van der Waals surface area contributed by atoms with Gasteiger partial charge in [-0.3, -0.25) is 4.79 Å². The van der Waals surface area contributed by atoms with Crippen LogP contribution in [-0.4, -0.2) is 17.4 Å². The van der Waals surface area contributed by atoms with Gasteiger partial charge in [-0.1, -0.05) is 13.0 Å². The molecule has 0 bridgehead atoms. The molecule has 21 heavy (non-hydrogen) atoms. The summed E-state index contributed by atoms with van der Waals surface area (Å²) in [6.07, 6.45) is 0.979. The van der Waals surface area contributed by atoms with Crippen molar-refractivity contribution in [3.63, 3.8) is 0 Å². The molecule has 0 aliphatic heterocycles. The molecule has 5 heteroatoms. The van der Waals surface area contributed by atoms with E-state index in [2.05, 4.69) is 22.5 Å². The van der Waals surface area contributed by atoms with Gasteiger partial charge in [0.15, 0.2) is 0 Å². The second kappa shape index (κ2) is 6.83. The number of aromatic nitrogens is 1. The molecule has 1 heterocycles. The minimum atomic E-state index is -0.318. The number of rotatable bonds is 5. The molecule has 0 spiro atoms. The number of hydrogen-bond donors (Lipinski definition) is 2. The lowest BCUT2D eigenvalue weighted by atomic mass is 10.2. The van der Waals surface area contributed by atoms with Gasteiger partial charge >= 0.3 is 0 Å². The average molecular weight is 287 g/mol. The van der Waals surface area contributed by atoms with Crippen molar-refractivity contribution in [2.75, 3.05) is 17.2 Å². The molecule has 1 amide bonds. The van der Waals surface area contributed by atoms with Crippen LogP contribution in [0.1, 0.15) is 29.4 Å². The van der Waals surface area contributed by atoms with Crippen LogP contribution in [0, 0.1) is 12.7 Å². The minimum Gasteiger partial charge on any atom is -0.370 e. The van der Waals surface area contributed by atoms with Gasteiger partial charge in [0.05, 0.1) is 0 Å². The Morgan fingerprint density at radius 1 is 1.29 bits per heavy atom. The lowest BCUT2D eigenvalue weighted by Crippen LogP contribution is -2.15. The summed E-state index contributed by atoms with van der Waals surface area (Å²) in [7, 11) is 0. The third-order valence-corrected chi connectivity index (χ3v) is 2.95. The number of benzene rings is 1. The number of hydrogen-bond acceptors (Lipinski definition) is 3. The fraction of sp³-hybridized carbons (Fsp3) is 0.250. The molecule has 0 aliphatic carbocycles. The van der Waals surface area contributed by atoms with E-state index in [1.807, 2.05) is 6.07 Å². The minimum absolute atomic E-state index is 0.295. The summed E-state index contributed by atoms with van der Waals surface area (Å²) < 4.78 is 13.2. The monoisotopic (exact) mass is 287 g/mol. The van der Waals surface area contributed by atoms with Gasteiger partial charge in [0.1, 0.15) is 17.3 Å². The van der Waals surface area contributed by atoms with Crippen molar-refractivity contribution in [1.29, 1.82) is 0 Å². The summed E-state index contributed by atoms with van der Waals surface area (Å²) in [5.74, 6) is 0.0535. The Morgan fingerprint density at radius 3 is 2.81 bits per heavy atom. The van der Waals surface area contributed by atoms with Crippen molar-refractivity contribution < 1.29 is 9.18 Å². The van der Waals surface area contributed by atoms with Crippen molar-refractivity contribution in [3.8, 4) is 0 Å². The van der Waals surface area contributed by atoms with Crippen molar-refractivity contribution in [3.05, 3.63) is 53.5 Å². The van der Waals surface area contributed by atoms with Crippen LogP contribution in [0.4, 0.5) is 15.9 Å². The van der Waals surface area contributed by atoms with Gasteiger partial charge < -0.3 is 10.6 Å². The molecule has 4 nitrogen and oxygen atoms in total. The van der Waals surface area contributed by atoms with Crippen LogP contribution >= 0.6 is 0 Å².